The van der Waals surface area contributed by atoms with Gasteiger partial charge in [0.15, 0.2) is 0 Å². The van der Waals surface area contributed by atoms with Crippen molar-refractivity contribution in [2.24, 2.45) is 0 Å². The molecular weight excluding hydrogens is 252 g/mol. The molecule has 0 spiro atoms. The summed E-state index contributed by atoms with van der Waals surface area (Å²) in [6.07, 6.45) is 5.27. The van der Waals surface area contributed by atoms with E-state index in [-0.39, 0.29) is 23.7 Å². The zero-order valence-electron chi connectivity index (χ0n) is 10.2. The minimum absolute atomic E-state index is 0.00703. The Kier molecular flexibility index (Phi) is 4.24. The molecule has 6 nitrogen and oxygen atoms in total. The van der Waals surface area contributed by atoms with Gasteiger partial charge in [0.2, 0.25) is 5.91 Å². The molecule has 2 amide bonds. The second-order valence-electron chi connectivity index (χ2n) is 4.26. The van der Waals surface area contributed by atoms with Gasteiger partial charge in [0.25, 0.3) is 5.24 Å². The van der Waals surface area contributed by atoms with Gasteiger partial charge in [-0.15, -0.1) is 0 Å². The first-order chi connectivity index (χ1) is 8.65. The van der Waals surface area contributed by atoms with E-state index in [9.17, 15) is 9.59 Å². The fourth-order valence-corrected chi connectivity index (χ4v) is 2.64. The first-order valence-corrected chi connectivity index (χ1v) is 6.80. The molecule has 2 heterocycles. The van der Waals surface area contributed by atoms with Crippen LogP contribution < -0.4 is 5.32 Å². The van der Waals surface area contributed by atoms with Crippen molar-refractivity contribution in [1.29, 1.82) is 0 Å². The van der Waals surface area contributed by atoms with E-state index in [1.807, 2.05) is 17.7 Å². The molecule has 18 heavy (non-hydrogen) atoms. The molecule has 0 saturated carbocycles. The number of amides is 2. The lowest BCUT2D eigenvalue weighted by atomic mass is 10.3. The molecule has 0 aromatic carbocycles. The number of carbonyl (C=O) groups is 2. The number of rotatable bonds is 5. The van der Waals surface area contributed by atoms with Gasteiger partial charge in [-0.1, -0.05) is 11.8 Å². The molecule has 1 fully saturated rings. The van der Waals surface area contributed by atoms with Crippen LogP contribution in [0.3, 0.4) is 0 Å². The minimum Gasteiger partial charge on any atom is -0.350 e. The summed E-state index contributed by atoms with van der Waals surface area (Å²) in [5.74, 6) is 0.662. The Morgan fingerprint density at radius 1 is 1.67 bits per heavy atom. The van der Waals surface area contributed by atoms with Gasteiger partial charge in [0.05, 0.1) is 6.33 Å². The lowest BCUT2D eigenvalue weighted by molar-refractivity contribution is -0.122. The van der Waals surface area contributed by atoms with Crippen molar-refractivity contribution in [3.63, 3.8) is 0 Å². The van der Waals surface area contributed by atoms with Gasteiger partial charge >= 0.3 is 0 Å². The number of hydrogen-bond donors (Lipinski definition) is 1. The maximum Gasteiger partial charge on any atom is 0.282 e. The summed E-state index contributed by atoms with van der Waals surface area (Å²) in [5, 5.41) is 2.87. The van der Waals surface area contributed by atoms with Crippen molar-refractivity contribution in [2.45, 2.75) is 19.5 Å². The monoisotopic (exact) mass is 268 g/mol. The normalized spacial score (nSPS) is 16.9. The average molecular weight is 268 g/mol. The van der Waals surface area contributed by atoms with Crippen molar-refractivity contribution in [2.75, 3.05) is 18.8 Å². The maximum atomic E-state index is 11.7. The number of nitrogens with one attached hydrogen (secondary N) is 1. The van der Waals surface area contributed by atoms with Crippen LogP contribution in [0.2, 0.25) is 0 Å². The second kappa shape index (κ2) is 5.90. The summed E-state index contributed by atoms with van der Waals surface area (Å²) < 4.78 is 1.90. The van der Waals surface area contributed by atoms with Gasteiger partial charge < -0.3 is 14.8 Å². The topological polar surface area (TPSA) is 67.2 Å². The van der Waals surface area contributed by atoms with E-state index in [2.05, 4.69) is 10.3 Å². The van der Waals surface area contributed by atoms with Crippen LogP contribution in [-0.2, 0) is 11.3 Å². The standard InChI is InChI=1S/C11H16N4O2S/c1-9(6-14-3-2-12-8-14)13-10(16)7-15-4-5-18-11(15)17/h2-3,8-9H,4-7H2,1H3,(H,13,16)/t9-/m1/s1. The Bertz CT molecular complexity index is 421. The number of thioether (sulfide) groups is 1. The van der Waals surface area contributed by atoms with Crippen molar-refractivity contribution in [3.05, 3.63) is 18.7 Å². The molecule has 1 N–H and O–H groups in total. The number of aromatic nitrogens is 2. The Morgan fingerprint density at radius 3 is 3.11 bits per heavy atom. The first-order valence-electron chi connectivity index (χ1n) is 5.82. The number of nitrogens with zero attached hydrogens (tertiary/aromatic N) is 3. The second-order valence-corrected chi connectivity index (χ2v) is 5.31. The molecule has 7 heteroatoms. The predicted molar refractivity (Wildman–Crippen MR) is 69.3 cm³/mol. The van der Waals surface area contributed by atoms with Gasteiger partial charge in [-0.2, -0.15) is 0 Å². The van der Waals surface area contributed by atoms with Crippen molar-refractivity contribution < 1.29 is 9.59 Å². The summed E-state index contributed by atoms with van der Waals surface area (Å²) in [6, 6.07) is 0.0112. The molecule has 0 radical (unpaired) electrons. The molecule has 1 aliphatic heterocycles. The molecule has 0 bridgehead atoms. The lowest BCUT2D eigenvalue weighted by Gasteiger charge is -2.18. The SMILES string of the molecule is C[C@H](Cn1ccnc1)NC(=O)CN1CCSC1=O. The van der Waals surface area contributed by atoms with Crippen molar-refractivity contribution >= 4 is 22.9 Å². The third-order valence-electron chi connectivity index (χ3n) is 2.63. The van der Waals surface area contributed by atoms with Gasteiger partial charge in [-0.25, -0.2) is 4.98 Å². The van der Waals surface area contributed by atoms with E-state index >= 15 is 0 Å². The van der Waals surface area contributed by atoms with E-state index in [1.54, 1.807) is 17.4 Å². The van der Waals surface area contributed by atoms with Crippen LogP contribution in [0.15, 0.2) is 18.7 Å². The molecule has 1 atom stereocenters. The number of imidazole rings is 1. The highest BCUT2D eigenvalue weighted by atomic mass is 32.2. The lowest BCUT2D eigenvalue weighted by Crippen LogP contribution is -2.42. The van der Waals surface area contributed by atoms with Crippen molar-refractivity contribution in [3.8, 4) is 0 Å². The molecule has 1 aromatic heterocycles. The average Bonchev–Trinajstić information content (AvgIpc) is 2.91. The summed E-state index contributed by atoms with van der Waals surface area (Å²) in [7, 11) is 0. The van der Waals surface area contributed by atoms with E-state index in [0.29, 0.717) is 13.1 Å². The van der Waals surface area contributed by atoms with E-state index in [1.165, 1.54) is 11.8 Å². The van der Waals surface area contributed by atoms with E-state index in [4.69, 9.17) is 0 Å². The third-order valence-corrected chi connectivity index (χ3v) is 3.52. The molecule has 0 aliphatic carbocycles. The number of hydrogen-bond acceptors (Lipinski definition) is 4. The number of carbonyl (C=O) groups excluding carboxylic acids is 2. The molecule has 1 saturated heterocycles. The van der Waals surface area contributed by atoms with Crippen LogP contribution >= 0.6 is 11.8 Å². The van der Waals surface area contributed by atoms with Gasteiger partial charge in [-0.3, -0.25) is 9.59 Å². The van der Waals surface area contributed by atoms with Crippen LogP contribution in [-0.4, -0.2) is 50.5 Å². The maximum absolute atomic E-state index is 11.7. The summed E-state index contributed by atoms with van der Waals surface area (Å²) in [6.45, 7) is 3.42. The highest BCUT2D eigenvalue weighted by molar-refractivity contribution is 8.13. The summed E-state index contributed by atoms with van der Waals surface area (Å²) in [4.78, 5) is 28.6. The van der Waals surface area contributed by atoms with Crippen LogP contribution in [0.4, 0.5) is 4.79 Å². The summed E-state index contributed by atoms with van der Waals surface area (Å²) >= 11 is 1.26. The largest absolute Gasteiger partial charge is 0.350 e. The third kappa shape index (κ3) is 3.49. The van der Waals surface area contributed by atoms with Gasteiger partial charge in [0.1, 0.15) is 6.54 Å². The van der Waals surface area contributed by atoms with Crippen LogP contribution in [0.1, 0.15) is 6.92 Å². The Balaban J connectivity index is 1.75. The van der Waals surface area contributed by atoms with Crippen LogP contribution in [0, 0.1) is 0 Å². The predicted octanol–water partition coefficient (Wildman–Crippen LogP) is 0.557. The Hall–Kier alpha value is -1.50. The first kappa shape index (κ1) is 12.9. The molecule has 1 aliphatic rings. The summed E-state index contributed by atoms with van der Waals surface area (Å²) in [5.41, 5.74) is 0. The molecule has 2 rings (SSSR count). The van der Waals surface area contributed by atoms with Crippen LogP contribution in [0.5, 0.6) is 0 Å². The highest BCUT2D eigenvalue weighted by Gasteiger charge is 2.23. The minimum atomic E-state index is -0.113. The van der Waals surface area contributed by atoms with Gasteiger partial charge in [0, 0.05) is 37.3 Å². The molecule has 1 aromatic rings. The smallest absolute Gasteiger partial charge is 0.282 e. The Morgan fingerprint density at radius 2 is 2.50 bits per heavy atom. The van der Waals surface area contributed by atoms with Crippen LogP contribution in [0.25, 0.3) is 0 Å². The Labute approximate surface area is 110 Å². The molecule has 0 unspecified atom stereocenters. The van der Waals surface area contributed by atoms with E-state index in [0.717, 1.165) is 5.75 Å². The fourth-order valence-electron chi connectivity index (χ4n) is 1.82. The highest BCUT2D eigenvalue weighted by Crippen LogP contribution is 2.16. The molecular formula is C11H16N4O2S. The quantitative estimate of drug-likeness (QED) is 0.847. The zero-order chi connectivity index (χ0) is 13.0. The van der Waals surface area contributed by atoms with Crippen molar-refractivity contribution in [1.82, 2.24) is 19.8 Å². The van der Waals surface area contributed by atoms with Gasteiger partial charge in [-0.05, 0) is 6.92 Å². The van der Waals surface area contributed by atoms with E-state index < -0.39 is 0 Å². The zero-order valence-corrected chi connectivity index (χ0v) is 11.0. The molecule has 98 valence electrons. The fraction of sp³-hybridized carbons (Fsp3) is 0.545.